The number of imidazole rings is 1. The molecule has 11 heteroatoms. The van der Waals surface area contributed by atoms with Crippen molar-refractivity contribution >= 4 is 27.0 Å². The lowest BCUT2D eigenvalue weighted by molar-refractivity contribution is 0.0551. The minimum absolute atomic E-state index is 0.0200. The number of nitrogens with zero attached hydrogens (tertiary/aromatic N) is 5. The average Bonchev–Trinajstić information content (AvgIpc) is 3.18. The van der Waals surface area contributed by atoms with Crippen molar-refractivity contribution in [3.05, 3.63) is 36.1 Å². The highest BCUT2D eigenvalue weighted by atomic mass is 35.5. The molecule has 3 rings (SSSR count). The van der Waals surface area contributed by atoms with Gasteiger partial charge in [-0.1, -0.05) is 19.0 Å². The van der Waals surface area contributed by atoms with Gasteiger partial charge in [-0.2, -0.15) is 13.8 Å². The van der Waals surface area contributed by atoms with Gasteiger partial charge in [0.05, 0.1) is 12.2 Å². The Morgan fingerprint density at radius 3 is 2.77 bits per heavy atom. The van der Waals surface area contributed by atoms with E-state index in [-0.39, 0.29) is 17.6 Å². The number of hydrogen-bond acceptors (Lipinski definition) is 6. The Morgan fingerprint density at radius 1 is 1.42 bits per heavy atom. The van der Waals surface area contributed by atoms with Crippen molar-refractivity contribution in [1.29, 1.82) is 0 Å². The first-order valence-electron chi connectivity index (χ1n) is 7.62. The standard InChI is InChI=1S/C15H16ClF2N5O2S/c1-9(2)26(3,24)19-7-11-8-23-5-4-10(6-12(23)20-11)13-21-14(25-22-13)15(16,17)18/h4-6,8-9H,7H2,1-3H3. The summed E-state index contributed by atoms with van der Waals surface area (Å²) in [4.78, 5) is 8.00. The number of fused-ring (bicyclic) bond motifs is 1. The van der Waals surface area contributed by atoms with E-state index in [0.717, 1.165) is 0 Å². The van der Waals surface area contributed by atoms with Crippen molar-refractivity contribution in [1.82, 2.24) is 19.5 Å². The molecule has 0 amide bonds. The molecule has 0 radical (unpaired) electrons. The normalized spacial score (nSPS) is 14.7. The minimum atomic E-state index is -3.72. The van der Waals surface area contributed by atoms with E-state index < -0.39 is 21.0 Å². The number of aromatic nitrogens is 4. The topological polar surface area (TPSA) is 85.7 Å². The second-order valence-corrected chi connectivity index (χ2v) is 9.43. The molecule has 0 saturated heterocycles. The number of rotatable bonds is 5. The molecule has 3 heterocycles. The SMILES string of the molecule is CC(C)S(C)(=O)=NCc1cn2ccc(-c3noc(C(F)(F)Cl)n3)cc2n1. The van der Waals surface area contributed by atoms with Gasteiger partial charge in [0.25, 0.3) is 0 Å². The minimum Gasteiger partial charge on any atom is -0.331 e. The molecule has 0 aliphatic carbocycles. The maximum absolute atomic E-state index is 13.0. The first-order valence-corrected chi connectivity index (χ1v) is 9.98. The first kappa shape index (κ1) is 18.7. The molecule has 0 bridgehead atoms. The van der Waals surface area contributed by atoms with Crippen LogP contribution in [-0.2, 0) is 21.7 Å². The number of pyridine rings is 1. The van der Waals surface area contributed by atoms with E-state index in [1.54, 1.807) is 35.2 Å². The van der Waals surface area contributed by atoms with Crippen LogP contribution >= 0.6 is 11.6 Å². The Balaban J connectivity index is 1.91. The van der Waals surface area contributed by atoms with Gasteiger partial charge in [-0.3, -0.25) is 0 Å². The van der Waals surface area contributed by atoms with E-state index in [0.29, 0.717) is 16.9 Å². The molecular weight excluding hydrogens is 388 g/mol. The van der Waals surface area contributed by atoms with Crippen LogP contribution in [-0.4, -0.2) is 35.2 Å². The van der Waals surface area contributed by atoms with Crippen molar-refractivity contribution in [2.75, 3.05) is 6.26 Å². The molecule has 26 heavy (non-hydrogen) atoms. The van der Waals surface area contributed by atoms with Gasteiger partial charge < -0.3 is 8.92 Å². The van der Waals surface area contributed by atoms with Crippen LogP contribution in [0, 0.1) is 0 Å². The Kier molecular flexibility index (Phi) is 4.74. The third kappa shape index (κ3) is 3.85. The van der Waals surface area contributed by atoms with Gasteiger partial charge in [0.15, 0.2) is 0 Å². The Morgan fingerprint density at radius 2 is 2.15 bits per heavy atom. The summed E-state index contributed by atoms with van der Waals surface area (Å²) in [5.74, 6) is -0.989. The molecule has 0 aliphatic rings. The summed E-state index contributed by atoms with van der Waals surface area (Å²) >= 11 is 4.87. The van der Waals surface area contributed by atoms with Crippen molar-refractivity contribution in [2.24, 2.45) is 4.36 Å². The maximum atomic E-state index is 13.0. The highest BCUT2D eigenvalue weighted by molar-refractivity contribution is 7.93. The number of alkyl halides is 3. The van der Waals surface area contributed by atoms with E-state index >= 15 is 0 Å². The molecule has 7 nitrogen and oxygen atoms in total. The predicted octanol–water partition coefficient (Wildman–Crippen LogP) is 3.68. The second kappa shape index (κ2) is 6.58. The monoisotopic (exact) mass is 403 g/mol. The fourth-order valence-electron chi connectivity index (χ4n) is 2.05. The molecule has 0 aromatic carbocycles. The van der Waals surface area contributed by atoms with Crippen LogP contribution in [0.1, 0.15) is 25.4 Å². The van der Waals surface area contributed by atoms with E-state index in [1.807, 2.05) is 13.8 Å². The molecule has 0 aliphatic heterocycles. The second-order valence-electron chi connectivity index (χ2n) is 6.03. The smallest absolute Gasteiger partial charge is 0.331 e. The van der Waals surface area contributed by atoms with Gasteiger partial charge in [0, 0.05) is 39.2 Å². The highest BCUT2D eigenvalue weighted by Crippen LogP contribution is 2.32. The molecular formula is C15H16ClF2N5O2S. The number of hydrogen-bond donors (Lipinski definition) is 0. The van der Waals surface area contributed by atoms with E-state index in [2.05, 4.69) is 24.0 Å². The van der Waals surface area contributed by atoms with Crippen LogP contribution in [0.4, 0.5) is 8.78 Å². The third-order valence-corrected chi connectivity index (χ3v) is 6.35. The lowest BCUT2D eigenvalue weighted by Crippen LogP contribution is -2.11. The van der Waals surface area contributed by atoms with Crippen molar-refractivity contribution < 1.29 is 17.5 Å². The van der Waals surface area contributed by atoms with Gasteiger partial charge in [-0.05, 0) is 23.7 Å². The average molecular weight is 404 g/mol. The molecule has 1 atom stereocenters. The van der Waals surface area contributed by atoms with Gasteiger partial charge in [0.2, 0.25) is 5.82 Å². The molecule has 0 spiro atoms. The quantitative estimate of drug-likeness (QED) is 0.606. The molecule has 3 aromatic heterocycles. The molecule has 0 N–H and O–H groups in total. The summed E-state index contributed by atoms with van der Waals surface area (Å²) in [6.45, 7) is 3.92. The lowest BCUT2D eigenvalue weighted by Gasteiger charge is -2.06. The van der Waals surface area contributed by atoms with Crippen LogP contribution in [0.5, 0.6) is 0 Å². The summed E-state index contributed by atoms with van der Waals surface area (Å²) in [6, 6.07) is 3.25. The molecule has 0 saturated carbocycles. The molecule has 140 valence electrons. The summed E-state index contributed by atoms with van der Waals surface area (Å²) in [5, 5.41) is -0.268. The van der Waals surface area contributed by atoms with Crippen molar-refractivity contribution in [3.63, 3.8) is 0 Å². The van der Waals surface area contributed by atoms with Crippen LogP contribution in [0.2, 0.25) is 0 Å². The van der Waals surface area contributed by atoms with E-state index in [4.69, 9.17) is 11.6 Å². The van der Waals surface area contributed by atoms with Crippen molar-refractivity contribution in [2.45, 2.75) is 31.0 Å². The zero-order valence-corrected chi connectivity index (χ0v) is 15.8. The summed E-state index contributed by atoms with van der Waals surface area (Å²) in [7, 11) is -2.29. The largest absolute Gasteiger partial charge is 0.400 e. The lowest BCUT2D eigenvalue weighted by atomic mass is 10.2. The van der Waals surface area contributed by atoms with Gasteiger partial charge >= 0.3 is 11.3 Å². The van der Waals surface area contributed by atoms with E-state index in [1.165, 1.54) is 0 Å². The Hall–Kier alpha value is -2.07. The van der Waals surface area contributed by atoms with Gasteiger partial charge in [-0.15, -0.1) is 0 Å². The zero-order chi connectivity index (χ0) is 19.1. The molecule has 1 unspecified atom stereocenters. The summed E-state index contributed by atoms with van der Waals surface area (Å²) in [6.07, 6.45) is 5.06. The highest BCUT2D eigenvalue weighted by Gasteiger charge is 2.35. The number of halogens is 3. The molecule has 0 fully saturated rings. The maximum Gasteiger partial charge on any atom is 0.400 e. The zero-order valence-electron chi connectivity index (χ0n) is 14.2. The summed E-state index contributed by atoms with van der Waals surface area (Å²) in [5.41, 5.74) is 1.63. The molecule has 3 aromatic rings. The van der Waals surface area contributed by atoms with Crippen molar-refractivity contribution in [3.8, 4) is 11.4 Å². The van der Waals surface area contributed by atoms with Crippen LogP contribution in [0.15, 0.2) is 33.4 Å². The predicted molar refractivity (Wildman–Crippen MR) is 93.6 cm³/mol. The van der Waals surface area contributed by atoms with Crippen LogP contribution in [0.25, 0.3) is 17.0 Å². The third-order valence-electron chi connectivity index (χ3n) is 3.79. The van der Waals surface area contributed by atoms with Crippen LogP contribution in [0.3, 0.4) is 0 Å². The fourth-order valence-corrected chi connectivity index (χ4v) is 2.81. The van der Waals surface area contributed by atoms with Gasteiger partial charge in [-0.25, -0.2) is 13.6 Å². The van der Waals surface area contributed by atoms with Crippen LogP contribution < -0.4 is 0 Å². The Labute approximate surface area is 153 Å². The Bertz CT molecular complexity index is 1060. The summed E-state index contributed by atoms with van der Waals surface area (Å²) < 4.78 is 48.8. The first-order chi connectivity index (χ1) is 12.1. The van der Waals surface area contributed by atoms with Gasteiger partial charge in [0.1, 0.15) is 5.65 Å². The van der Waals surface area contributed by atoms with E-state index in [9.17, 15) is 13.0 Å². The fraction of sp³-hybridized carbons (Fsp3) is 0.400.